The van der Waals surface area contributed by atoms with Crippen molar-refractivity contribution in [2.24, 2.45) is 0 Å². The lowest BCUT2D eigenvalue weighted by Gasteiger charge is -2.33. The lowest BCUT2D eigenvalue weighted by molar-refractivity contribution is 0.0569. The molecule has 20 heavy (non-hydrogen) atoms. The summed E-state index contributed by atoms with van der Waals surface area (Å²) in [7, 11) is -3.52. The number of hydrogen-bond acceptors (Lipinski definition) is 3. The van der Waals surface area contributed by atoms with Gasteiger partial charge in [-0.05, 0) is 37.8 Å². The Morgan fingerprint density at radius 1 is 1.05 bits per heavy atom. The second kappa shape index (κ2) is 5.64. The van der Waals surface area contributed by atoms with E-state index in [9.17, 15) is 8.42 Å². The summed E-state index contributed by atoms with van der Waals surface area (Å²) < 4.78 is 32.9. The van der Waals surface area contributed by atoms with Gasteiger partial charge in [0, 0.05) is 25.3 Å². The van der Waals surface area contributed by atoms with Crippen LogP contribution in [0.3, 0.4) is 0 Å². The summed E-state index contributed by atoms with van der Waals surface area (Å²) in [6.45, 7) is 1.26. The van der Waals surface area contributed by atoms with Crippen molar-refractivity contribution in [3.05, 3.63) is 29.3 Å². The molecule has 0 spiro atoms. The summed E-state index contributed by atoms with van der Waals surface area (Å²) in [6, 6.07) is 6.86. The van der Waals surface area contributed by atoms with Crippen molar-refractivity contribution in [1.29, 1.82) is 0 Å². The Morgan fingerprint density at radius 2 is 1.65 bits per heavy atom. The first kappa shape index (κ1) is 14.3. The number of hydrogen-bond donors (Lipinski definition) is 0. The first-order valence-electron chi connectivity index (χ1n) is 6.96. The highest BCUT2D eigenvalue weighted by atomic mass is 35.5. The zero-order valence-electron chi connectivity index (χ0n) is 11.2. The molecule has 2 aliphatic rings. The molecule has 3 rings (SSSR count). The average Bonchev–Trinajstić information content (AvgIpc) is 3.25. The highest BCUT2D eigenvalue weighted by Gasteiger charge is 2.43. The number of sulfonamides is 1. The second-order valence-electron chi connectivity index (χ2n) is 5.34. The third-order valence-electron chi connectivity index (χ3n) is 3.85. The first-order chi connectivity index (χ1) is 9.60. The van der Waals surface area contributed by atoms with Gasteiger partial charge in [0.2, 0.25) is 10.0 Å². The van der Waals surface area contributed by atoms with Crippen molar-refractivity contribution < 1.29 is 13.2 Å². The van der Waals surface area contributed by atoms with Gasteiger partial charge in [-0.2, -0.15) is 4.31 Å². The molecular formula is C14H18ClNO3S. The molecule has 1 aliphatic heterocycles. The van der Waals surface area contributed by atoms with Crippen LogP contribution >= 0.6 is 11.6 Å². The molecule has 1 aliphatic carbocycles. The van der Waals surface area contributed by atoms with Crippen molar-refractivity contribution in [3.63, 3.8) is 0 Å². The molecule has 1 heterocycles. The Morgan fingerprint density at radius 3 is 2.25 bits per heavy atom. The van der Waals surface area contributed by atoms with E-state index in [2.05, 4.69) is 0 Å². The fraction of sp³-hybridized carbons (Fsp3) is 0.571. The molecule has 0 radical (unpaired) electrons. The maximum atomic E-state index is 12.9. The number of benzene rings is 1. The molecular weight excluding hydrogens is 298 g/mol. The van der Waals surface area contributed by atoms with E-state index < -0.39 is 10.0 Å². The summed E-state index contributed by atoms with van der Waals surface area (Å²) in [5.74, 6) is 0. The van der Waals surface area contributed by atoms with Crippen LogP contribution in [0.2, 0.25) is 5.02 Å². The van der Waals surface area contributed by atoms with Crippen molar-refractivity contribution >= 4 is 21.6 Å². The van der Waals surface area contributed by atoms with Crippen molar-refractivity contribution in [2.45, 2.75) is 42.7 Å². The molecule has 0 atom stereocenters. The number of halogens is 1. The molecule has 1 saturated carbocycles. The Balaban J connectivity index is 1.96. The predicted octanol–water partition coefficient (Wildman–Crippen LogP) is 2.67. The fourth-order valence-electron chi connectivity index (χ4n) is 2.73. The van der Waals surface area contributed by atoms with E-state index in [0.717, 1.165) is 25.7 Å². The molecule has 6 heteroatoms. The maximum absolute atomic E-state index is 12.9. The van der Waals surface area contributed by atoms with Gasteiger partial charge in [0.25, 0.3) is 0 Å². The minimum absolute atomic E-state index is 0.0394. The molecule has 1 aromatic rings. The van der Waals surface area contributed by atoms with E-state index in [1.807, 2.05) is 0 Å². The zero-order chi connectivity index (χ0) is 14.2. The predicted molar refractivity (Wildman–Crippen MR) is 77.3 cm³/mol. The third-order valence-corrected chi connectivity index (χ3v) is 6.35. The average molecular weight is 316 g/mol. The largest absolute Gasteiger partial charge is 0.381 e. The molecule has 110 valence electrons. The van der Waals surface area contributed by atoms with E-state index in [4.69, 9.17) is 16.3 Å². The van der Waals surface area contributed by atoms with E-state index in [1.54, 1.807) is 28.6 Å². The van der Waals surface area contributed by atoms with Gasteiger partial charge in [-0.3, -0.25) is 0 Å². The van der Waals surface area contributed by atoms with Crippen molar-refractivity contribution in [1.82, 2.24) is 4.31 Å². The molecule has 0 amide bonds. The SMILES string of the molecule is O=S(=O)(c1ccccc1Cl)N(C1CCOCC1)C1CC1. The summed E-state index contributed by atoms with van der Waals surface area (Å²) in [5, 5.41) is 0.296. The van der Waals surface area contributed by atoms with Crippen LogP contribution in [0.4, 0.5) is 0 Å². The monoisotopic (exact) mass is 315 g/mol. The van der Waals surface area contributed by atoms with Gasteiger partial charge in [0.15, 0.2) is 0 Å². The van der Waals surface area contributed by atoms with Crippen molar-refractivity contribution in [2.75, 3.05) is 13.2 Å². The molecule has 4 nitrogen and oxygen atoms in total. The summed E-state index contributed by atoms with van der Waals surface area (Å²) in [5.41, 5.74) is 0. The minimum Gasteiger partial charge on any atom is -0.381 e. The van der Waals surface area contributed by atoms with E-state index in [-0.39, 0.29) is 17.0 Å². The van der Waals surface area contributed by atoms with Crippen LogP contribution in [0.25, 0.3) is 0 Å². The van der Waals surface area contributed by atoms with Gasteiger partial charge in [-0.15, -0.1) is 0 Å². The Hall–Kier alpha value is -0.620. The van der Waals surface area contributed by atoms with Crippen LogP contribution in [0.5, 0.6) is 0 Å². The van der Waals surface area contributed by atoms with Gasteiger partial charge in [-0.1, -0.05) is 23.7 Å². The fourth-order valence-corrected chi connectivity index (χ4v) is 5.15. The molecule has 1 aromatic carbocycles. The smallest absolute Gasteiger partial charge is 0.245 e. The Bertz CT molecular complexity index is 580. The second-order valence-corrected chi connectivity index (χ2v) is 7.56. The summed E-state index contributed by atoms with van der Waals surface area (Å²) in [6.07, 6.45) is 3.42. The highest BCUT2D eigenvalue weighted by molar-refractivity contribution is 7.89. The standard InChI is InChI=1S/C14H18ClNO3S/c15-13-3-1-2-4-14(13)20(17,18)16(11-5-6-11)12-7-9-19-10-8-12/h1-4,11-12H,5-10H2. The Kier molecular flexibility index (Phi) is 4.04. The molecule has 2 fully saturated rings. The van der Waals surface area contributed by atoms with Gasteiger partial charge in [0.1, 0.15) is 4.90 Å². The van der Waals surface area contributed by atoms with Crippen LogP contribution < -0.4 is 0 Å². The van der Waals surface area contributed by atoms with Gasteiger partial charge in [0.05, 0.1) is 5.02 Å². The van der Waals surface area contributed by atoms with Crippen LogP contribution in [0.1, 0.15) is 25.7 Å². The first-order valence-corrected chi connectivity index (χ1v) is 8.78. The zero-order valence-corrected chi connectivity index (χ0v) is 12.7. The number of nitrogens with zero attached hydrogens (tertiary/aromatic N) is 1. The van der Waals surface area contributed by atoms with Crippen LogP contribution in [0.15, 0.2) is 29.2 Å². The van der Waals surface area contributed by atoms with E-state index in [1.165, 1.54) is 0 Å². The highest BCUT2D eigenvalue weighted by Crippen LogP contribution is 2.37. The molecule has 0 unspecified atom stereocenters. The van der Waals surface area contributed by atoms with E-state index >= 15 is 0 Å². The molecule has 0 bridgehead atoms. The molecule has 0 aromatic heterocycles. The molecule has 1 saturated heterocycles. The van der Waals surface area contributed by atoms with Crippen LogP contribution in [-0.2, 0) is 14.8 Å². The minimum atomic E-state index is -3.52. The van der Waals surface area contributed by atoms with Gasteiger partial charge in [-0.25, -0.2) is 8.42 Å². The summed E-state index contributed by atoms with van der Waals surface area (Å²) in [4.78, 5) is 0.222. The summed E-state index contributed by atoms with van der Waals surface area (Å²) >= 11 is 6.09. The topological polar surface area (TPSA) is 46.6 Å². The molecule has 0 N–H and O–H groups in total. The quantitative estimate of drug-likeness (QED) is 0.858. The maximum Gasteiger partial charge on any atom is 0.245 e. The van der Waals surface area contributed by atoms with Crippen LogP contribution in [-0.4, -0.2) is 38.0 Å². The van der Waals surface area contributed by atoms with Gasteiger partial charge >= 0.3 is 0 Å². The number of ether oxygens (including phenoxy) is 1. The van der Waals surface area contributed by atoms with Crippen LogP contribution in [0, 0.1) is 0 Å². The normalized spacial score (nSPS) is 21.3. The lowest BCUT2D eigenvalue weighted by Crippen LogP contribution is -2.44. The number of rotatable bonds is 4. The van der Waals surface area contributed by atoms with E-state index in [0.29, 0.717) is 18.2 Å². The van der Waals surface area contributed by atoms with Gasteiger partial charge < -0.3 is 4.74 Å². The third kappa shape index (κ3) is 2.72. The lowest BCUT2D eigenvalue weighted by atomic mass is 10.1. The Labute approximate surface area is 124 Å². The van der Waals surface area contributed by atoms with Crippen molar-refractivity contribution in [3.8, 4) is 0 Å².